The topological polar surface area (TPSA) is 32.3 Å². The van der Waals surface area contributed by atoms with E-state index in [1.807, 2.05) is 0 Å². The molecule has 1 fully saturated rings. The lowest BCUT2D eigenvalue weighted by molar-refractivity contribution is 0.0479. The normalized spacial score (nSPS) is 33.0. The summed E-state index contributed by atoms with van der Waals surface area (Å²) in [4.78, 5) is 0. The molecule has 10 heavy (non-hydrogen) atoms. The molecule has 0 aliphatic carbocycles. The fraction of sp³-hybridized carbons (Fsp3) is 1.00. The molecule has 2 N–H and O–H groups in total. The maximum absolute atomic E-state index is 13.0. The average molecular weight is 170 g/mol. The largest absolute Gasteiger partial charge is 0.393 e. The average Bonchev–Trinajstić information content (AvgIpc) is 1.90. The number of piperidine rings is 1. The Bertz CT molecular complexity index is 95.7. The molecular formula is C6H13ClFNO. The van der Waals surface area contributed by atoms with Crippen LogP contribution in [0.2, 0.25) is 0 Å². The molecule has 2 nitrogen and oxygen atoms in total. The van der Waals surface area contributed by atoms with Crippen LogP contribution in [0.25, 0.3) is 0 Å². The first-order valence-corrected chi connectivity index (χ1v) is 3.27. The van der Waals surface area contributed by atoms with Gasteiger partial charge < -0.3 is 10.4 Å². The van der Waals surface area contributed by atoms with Crippen molar-refractivity contribution in [2.45, 2.75) is 18.5 Å². The number of aliphatic hydroxyl groups is 1. The lowest BCUT2D eigenvalue weighted by Gasteiger charge is -2.27. The Morgan fingerprint density at radius 2 is 2.30 bits per heavy atom. The zero-order chi connectivity index (χ0) is 6.74. The van der Waals surface area contributed by atoms with Gasteiger partial charge in [0.15, 0.2) is 0 Å². The summed E-state index contributed by atoms with van der Waals surface area (Å²) in [6.45, 7) is 0.842. The van der Waals surface area contributed by atoms with Gasteiger partial charge in [0.25, 0.3) is 0 Å². The molecule has 0 saturated carbocycles. The van der Waals surface area contributed by atoms with E-state index in [0.29, 0.717) is 13.0 Å². The van der Waals surface area contributed by atoms with Crippen LogP contribution >= 0.6 is 12.4 Å². The number of nitrogens with one attached hydrogen (secondary N) is 1. The van der Waals surface area contributed by atoms with E-state index in [4.69, 9.17) is 5.11 Å². The van der Waals surface area contributed by atoms with Crippen LogP contribution in [0.3, 0.4) is 0 Å². The maximum atomic E-state index is 13.0. The van der Waals surface area contributed by atoms with E-state index >= 15 is 0 Å². The highest BCUT2D eigenvalue weighted by Gasteiger charge is 2.30. The second kappa shape index (κ2) is 4.11. The second-order valence-corrected chi connectivity index (χ2v) is 2.59. The first kappa shape index (κ1) is 10.1. The van der Waals surface area contributed by atoms with Crippen LogP contribution in [0.4, 0.5) is 4.39 Å². The van der Waals surface area contributed by atoms with E-state index in [1.54, 1.807) is 0 Å². The predicted molar refractivity (Wildman–Crippen MR) is 40.3 cm³/mol. The molecule has 0 aromatic rings. The Balaban J connectivity index is 0.000000810. The minimum atomic E-state index is -1.34. The number of halogens is 2. The number of hydrogen-bond donors (Lipinski definition) is 2. The Hall–Kier alpha value is 0.140. The summed E-state index contributed by atoms with van der Waals surface area (Å²) < 4.78 is 13.0. The lowest BCUT2D eigenvalue weighted by Crippen LogP contribution is -2.44. The molecule has 0 aromatic carbocycles. The lowest BCUT2D eigenvalue weighted by atomic mass is 9.97. The predicted octanol–water partition coefficient (Wildman–Crippen LogP) is 0.492. The Labute approximate surface area is 66.2 Å². The van der Waals surface area contributed by atoms with Crippen LogP contribution in [0, 0.1) is 0 Å². The van der Waals surface area contributed by atoms with Crippen molar-refractivity contribution in [1.29, 1.82) is 0 Å². The first-order valence-electron chi connectivity index (χ1n) is 3.27. The fourth-order valence-corrected chi connectivity index (χ4v) is 1.07. The SMILES string of the molecule is Cl.OC[C@@]1(F)CCCNC1. The van der Waals surface area contributed by atoms with Gasteiger partial charge >= 0.3 is 0 Å². The number of aliphatic hydroxyl groups excluding tert-OH is 1. The molecule has 1 aliphatic rings. The number of alkyl halides is 1. The monoisotopic (exact) mass is 169 g/mol. The highest BCUT2D eigenvalue weighted by molar-refractivity contribution is 5.85. The molecule has 0 aromatic heterocycles. The first-order chi connectivity index (χ1) is 4.27. The van der Waals surface area contributed by atoms with Crippen molar-refractivity contribution in [1.82, 2.24) is 5.32 Å². The molecule has 4 heteroatoms. The third kappa shape index (κ3) is 2.40. The zero-order valence-electron chi connectivity index (χ0n) is 5.77. The highest BCUT2D eigenvalue weighted by atomic mass is 35.5. The van der Waals surface area contributed by atoms with Gasteiger partial charge in [-0.1, -0.05) is 0 Å². The molecule has 1 rings (SSSR count). The Kier molecular flexibility index (Phi) is 4.17. The van der Waals surface area contributed by atoms with Crippen molar-refractivity contribution in [2.75, 3.05) is 19.7 Å². The molecule has 0 spiro atoms. The van der Waals surface area contributed by atoms with E-state index in [0.717, 1.165) is 13.0 Å². The molecule has 0 amide bonds. The van der Waals surface area contributed by atoms with Crippen molar-refractivity contribution in [3.05, 3.63) is 0 Å². The van der Waals surface area contributed by atoms with Gasteiger partial charge in [0.2, 0.25) is 0 Å². The molecule has 0 unspecified atom stereocenters. The number of hydrogen-bond acceptors (Lipinski definition) is 2. The van der Waals surface area contributed by atoms with Gasteiger partial charge in [-0.2, -0.15) is 0 Å². The van der Waals surface area contributed by atoms with Gasteiger partial charge in [0.05, 0.1) is 6.61 Å². The molecule has 1 saturated heterocycles. The Morgan fingerprint density at radius 3 is 2.60 bits per heavy atom. The van der Waals surface area contributed by atoms with E-state index in [-0.39, 0.29) is 19.0 Å². The summed E-state index contributed by atoms with van der Waals surface area (Å²) in [5, 5.41) is 11.4. The maximum Gasteiger partial charge on any atom is 0.146 e. The molecule has 1 atom stereocenters. The quantitative estimate of drug-likeness (QED) is 0.599. The standard InChI is InChI=1S/C6H12FNO.ClH/c7-6(5-9)2-1-3-8-4-6;/h8-9H,1-5H2;1H/t6-;/m1./s1. The summed E-state index contributed by atoms with van der Waals surface area (Å²) in [5.74, 6) is 0. The van der Waals surface area contributed by atoms with Gasteiger partial charge in [0, 0.05) is 6.54 Å². The smallest absolute Gasteiger partial charge is 0.146 e. The fourth-order valence-electron chi connectivity index (χ4n) is 1.07. The van der Waals surface area contributed by atoms with Gasteiger partial charge in [0.1, 0.15) is 5.67 Å². The van der Waals surface area contributed by atoms with Crippen molar-refractivity contribution >= 4 is 12.4 Å². The highest BCUT2D eigenvalue weighted by Crippen LogP contribution is 2.19. The van der Waals surface area contributed by atoms with Crippen molar-refractivity contribution < 1.29 is 9.50 Å². The van der Waals surface area contributed by atoms with Crippen LogP contribution in [0.5, 0.6) is 0 Å². The minimum absolute atomic E-state index is 0. The van der Waals surface area contributed by atoms with Crippen LogP contribution in [0.15, 0.2) is 0 Å². The van der Waals surface area contributed by atoms with Crippen LogP contribution in [-0.2, 0) is 0 Å². The van der Waals surface area contributed by atoms with Crippen molar-refractivity contribution in [2.24, 2.45) is 0 Å². The van der Waals surface area contributed by atoms with Crippen molar-refractivity contribution in [3.8, 4) is 0 Å². The van der Waals surface area contributed by atoms with Crippen LogP contribution in [-0.4, -0.2) is 30.5 Å². The Morgan fingerprint density at radius 1 is 1.60 bits per heavy atom. The molecule has 0 bridgehead atoms. The zero-order valence-corrected chi connectivity index (χ0v) is 6.59. The summed E-state index contributed by atoms with van der Waals surface area (Å²) in [7, 11) is 0. The van der Waals surface area contributed by atoms with E-state index in [9.17, 15) is 4.39 Å². The van der Waals surface area contributed by atoms with Crippen molar-refractivity contribution in [3.63, 3.8) is 0 Å². The third-order valence-corrected chi connectivity index (χ3v) is 1.70. The van der Waals surface area contributed by atoms with E-state index in [1.165, 1.54) is 0 Å². The van der Waals surface area contributed by atoms with E-state index in [2.05, 4.69) is 5.32 Å². The molecular weight excluding hydrogens is 157 g/mol. The molecule has 62 valence electrons. The molecule has 1 heterocycles. The third-order valence-electron chi connectivity index (χ3n) is 1.70. The molecule has 1 aliphatic heterocycles. The van der Waals surface area contributed by atoms with Gasteiger partial charge in [-0.3, -0.25) is 0 Å². The van der Waals surface area contributed by atoms with Gasteiger partial charge in [-0.05, 0) is 19.4 Å². The van der Waals surface area contributed by atoms with E-state index < -0.39 is 5.67 Å². The van der Waals surface area contributed by atoms with Gasteiger partial charge in [-0.25, -0.2) is 4.39 Å². The second-order valence-electron chi connectivity index (χ2n) is 2.59. The van der Waals surface area contributed by atoms with Crippen LogP contribution < -0.4 is 5.32 Å². The summed E-state index contributed by atoms with van der Waals surface area (Å²) in [5.41, 5.74) is -1.34. The molecule has 0 radical (unpaired) electrons. The summed E-state index contributed by atoms with van der Waals surface area (Å²) in [6, 6.07) is 0. The van der Waals surface area contributed by atoms with Crippen LogP contribution in [0.1, 0.15) is 12.8 Å². The minimum Gasteiger partial charge on any atom is -0.393 e. The van der Waals surface area contributed by atoms with Gasteiger partial charge in [-0.15, -0.1) is 12.4 Å². The summed E-state index contributed by atoms with van der Waals surface area (Å²) in [6.07, 6.45) is 1.33. The number of rotatable bonds is 1. The summed E-state index contributed by atoms with van der Waals surface area (Å²) >= 11 is 0.